The molecule has 0 heterocycles. The lowest BCUT2D eigenvalue weighted by molar-refractivity contribution is -0.138. The van der Waals surface area contributed by atoms with Gasteiger partial charge in [-0.05, 0) is 30.5 Å². The van der Waals surface area contributed by atoms with E-state index in [9.17, 15) is 9.18 Å². The van der Waals surface area contributed by atoms with Crippen LogP contribution in [0.2, 0.25) is 0 Å². The Kier molecular flexibility index (Phi) is 9.88. The molecule has 0 bridgehead atoms. The number of carboxylic acids is 1. The van der Waals surface area contributed by atoms with Gasteiger partial charge < -0.3 is 15.9 Å². The molecule has 6 heteroatoms. The van der Waals surface area contributed by atoms with E-state index in [2.05, 4.69) is 0 Å². The number of nitrogens with two attached hydrogens (primary N) is 1. The van der Waals surface area contributed by atoms with Crippen molar-refractivity contribution in [3.05, 3.63) is 59.9 Å². The van der Waals surface area contributed by atoms with E-state index in [0.717, 1.165) is 5.56 Å². The molecule has 0 saturated heterocycles. The van der Waals surface area contributed by atoms with Crippen LogP contribution in [0.25, 0.3) is 11.1 Å². The Labute approximate surface area is 147 Å². The zero-order valence-electron chi connectivity index (χ0n) is 13.6. The Morgan fingerprint density at radius 1 is 1.21 bits per heavy atom. The van der Waals surface area contributed by atoms with Gasteiger partial charge in [-0.3, -0.25) is 4.79 Å². The molecule has 0 aliphatic rings. The molecule has 0 fully saturated rings. The van der Waals surface area contributed by atoms with Gasteiger partial charge in [-0.15, -0.1) is 12.4 Å². The highest BCUT2D eigenvalue weighted by Gasteiger charge is 2.15. The highest BCUT2D eigenvalue weighted by atomic mass is 35.5. The van der Waals surface area contributed by atoms with Crippen LogP contribution in [0.15, 0.2) is 48.5 Å². The molecule has 24 heavy (non-hydrogen) atoms. The van der Waals surface area contributed by atoms with Crippen LogP contribution in [-0.4, -0.2) is 22.4 Å². The maximum absolute atomic E-state index is 14.0. The predicted octanol–water partition coefficient (Wildman–Crippen LogP) is 3.78. The molecule has 0 aliphatic heterocycles. The Hall–Kier alpha value is -1.95. The fourth-order valence-corrected chi connectivity index (χ4v) is 1.80. The summed E-state index contributed by atoms with van der Waals surface area (Å²) in [4.78, 5) is 10.8. The van der Waals surface area contributed by atoms with Crippen LogP contribution in [0, 0.1) is 5.82 Å². The van der Waals surface area contributed by atoms with Gasteiger partial charge >= 0.3 is 5.97 Å². The summed E-state index contributed by atoms with van der Waals surface area (Å²) in [5, 5.41) is 17.0. The lowest BCUT2D eigenvalue weighted by atomic mass is 9.97. The molecular formula is C18H23ClFNO3. The molecule has 0 amide bonds. The van der Waals surface area contributed by atoms with Crippen LogP contribution in [0.1, 0.15) is 31.7 Å². The highest BCUT2D eigenvalue weighted by molar-refractivity contribution is 5.85. The third kappa shape index (κ3) is 6.66. The van der Waals surface area contributed by atoms with Crippen molar-refractivity contribution < 1.29 is 19.4 Å². The van der Waals surface area contributed by atoms with Gasteiger partial charge in [0.25, 0.3) is 0 Å². The second-order valence-electron chi connectivity index (χ2n) is 5.14. The van der Waals surface area contributed by atoms with Crippen LogP contribution in [0.3, 0.4) is 0 Å². The minimum atomic E-state index is -0.957. The zero-order valence-corrected chi connectivity index (χ0v) is 14.5. The number of aliphatic carboxylic acids is 1. The normalized spacial score (nSPS) is 12.2. The largest absolute Gasteiger partial charge is 0.481 e. The Morgan fingerprint density at radius 2 is 1.75 bits per heavy atom. The van der Waals surface area contributed by atoms with E-state index in [0.29, 0.717) is 17.5 Å². The monoisotopic (exact) mass is 355 g/mol. The topological polar surface area (TPSA) is 83.5 Å². The van der Waals surface area contributed by atoms with Crippen molar-refractivity contribution in [3.8, 4) is 11.1 Å². The van der Waals surface area contributed by atoms with E-state index < -0.39 is 23.9 Å². The average Bonchev–Trinajstić information content (AvgIpc) is 2.55. The summed E-state index contributed by atoms with van der Waals surface area (Å²) in [7, 11) is 0. The Balaban J connectivity index is 0.000000777. The van der Waals surface area contributed by atoms with Crippen LogP contribution >= 0.6 is 12.4 Å². The van der Waals surface area contributed by atoms with E-state index in [1.54, 1.807) is 19.1 Å². The first-order chi connectivity index (χ1) is 10.9. The number of hydrogen-bond donors (Lipinski definition) is 3. The van der Waals surface area contributed by atoms with Gasteiger partial charge in [-0.2, -0.15) is 0 Å². The molecule has 0 aliphatic carbocycles. The number of aliphatic hydroxyl groups excluding tert-OH is 1. The first-order valence-corrected chi connectivity index (χ1v) is 7.38. The minimum absolute atomic E-state index is 0. The summed E-state index contributed by atoms with van der Waals surface area (Å²) < 4.78 is 14.0. The van der Waals surface area contributed by atoms with Gasteiger partial charge in [-0.1, -0.05) is 49.4 Å². The van der Waals surface area contributed by atoms with Crippen molar-refractivity contribution in [2.24, 2.45) is 5.73 Å². The number of halogens is 2. The van der Waals surface area contributed by atoms with Gasteiger partial charge in [0, 0.05) is 5.56 Å². The first-order valence-electron chi connectivity index (χ1n) is 7.38. The molecule has 0 spiro atoms. The molecule has 2 unspecified atom stereocenters. The SMILES string of the molecule is CC(C(=O)O)c1ccc(-c2ccccc2)c(F)c1.CCC(N)O.Cl. The van der Waals surface area contributed by atoms with Crippen molar-refractivity contribution >= 4 is 18.4 Å². The van der Waals surface area contributed by atoms with Crippen LogP contribution in [-0.2, 0) is 4.79 Å². The number of aliphatic hydroxyl groups is 1. The van der Waals surface area contributed by atoms with Gasteiger partial charge in [-0.25, -0.2) is 4.39 Å². The van der Waals surface area contributed by atoms with Gasteiger partial charge in [0.2, 0.25) is 0 Å². The summed E-state index contributed by atoms with van der Waals surface area (Å²) in [6.45, 7) is 3.37. The number of carboxylic acid groups (broad SMARTS) is 1. The molecular weight excluding hydrogens is 333 g/mol. The van der Waals surface area contributed by atoms with Crippen LogP contribution in [0.5, 0.6) is 0 Å². The van der Waals surface area contributed by atoms with Crippen molar-refractivity contribution in [2.75, 3.05) is 0 Å². The molecule has 0 radical (unpaired) electrons. The second-order valence-corrected chi connectivity index (χ2v) is 5.14. The average molecular weight is 356 g/mol. The number of hydrogen-bond acceptors (Lipinski definition) is 3. The fraction of sp³-hybridized carbons (Fsp3) is 0.278. The lowest BCUT2D eigenvalue weighted by Crippen LogP contribution is -2.16. The summed E-state index contributed by atoms with van der Waals surface area (Å²) in [5.41, 5.74) is 6.58. The van der Waals surface area contributed by atoms with Crippen LogP contribution in [0.4, 0.5) is 4.39 Å². The summed E-state index contributed by atoms with van der Waals surface area (Å²) in [6.07, 6.45) is 0.0231. The zero-order chi connectivity index (χ0) is 17.4. The molecule has 4 nitrogen and oxygen atoms in total. The van der Waals surface area contributed by atoms with E-state index in [1.165, 1.54) is 6.07 Å². The summed E-state index contributed by atoms with van der Waals surface area (Å²) >= 11 is 0. The van der Waals surface area contributed by atoms with Crippen molar-refractivity contribution in [1.29, 1.82) is 0 Å². The minimum Gasteiger partial charge on any atom is -0.481 e. The van der Waals surface area contributed by atoms with Crippen molar-refractivity contribution in [3.63, 3.8) is 0 Å². The number of benzene rings is 2. The molecule has 132 valence electrons. The van der Waals surface area contributed by atoms with Crippen molar-refractivity contribution in [1.82, 2.24) is 0 Å². The third-order valence-corrected chi connectivity index (χ3v) is 3.37. The molecule has 0 saturated carbocycles. The molecule has 2 rings (SSSR count). The van der Waals surface area contributed by atoms with Gasteiger partial charge in [0.1, 0.15) is 12.0 Å². The van der Waals surface area contributed by atoms with Gasteiger partial charge in [0.15, 0.2) is 0 Å². The molecule has 4 N–H and O–H groups in total. The highest BCUT2D eigenvalue weighted by Crippen LogP contribution is 2.26. The quantitative estimate of drug-likeness (QED) is 0.729. The second kappa shape index (κ2) is 10.8. The van der Waals surface area contributed by atoms with Gasteiger partial charge in [0.05, 0.1) is 5.92 Å². The van der Waals surface area contributed by atoms with Crippen LogP contribution < -0.4 is 5.73 Å². The third-order valence-electron chi connectivity index (χ3n) is 3.37. The fourth-order valence-electron chi connectivity index (χ4n) is 1.80. The maximum atomic E-state index is 14.0. The Morgan fingerprint density at radius 3 is 2.17 bits per heavy atom. The van der Waals surface area contributed by atoms with E-state index in [1.807, 2.05) is 37.3 Å². The van der Waals surface area contributed by atoms with E-state index in [4.69, 9.17) is 15.9 Å². The number of rotatable bonds is 4. The predicted molar refractivity (Wildman–Crippen MR) is 95.6 cm³/mol. The first kappa shape index (κ1) is 22.1. The molecule has 2 aromatic carbocycles. The molecule has 0 aromatic heterocycles. The standard InChI is InChI=1S/C15H13FO2.C3H9NO.ClH/c1-10(15(17)18)12-7-8-13(14(16)9-12)11-5-3-2-4-6-11;1-2-3(4)5;/h2-10H,1H3,(H,17,18);3,5H,2,4H2,1H3;1H. The van der Waals surface area contributed by atoms with E-state index in [-0.39, 0.29) is 12.4 Å². The molecule has 2 aromatic rings. The summed E-state index contributed by atoms with van der Waals surface area (Å²) in [6, 6.07) is 13.7. The number of carbonyl (C=O) groups is 1. The smallest absolute Gasteiger partial charge is 0.310 e. The molecule has 2 atom stereocenters. The lowest BCUT2D eigenvalue weighted by Gasteiger charge is -2.09. The summed E-state index contributed by atoms with van der Waals surface area (Å²) in [5.74, 6) is -2.06. The maximum Gasteiger partial charge on any atom is 0.310 e. The van der Waals surface area contributed by atoms with Crippen molar-refractivity contribution in [2.45, 2.75) is 32.4 Å². The van der Waals surface area contributed by atoms with E-state index >= 15 is 0 Å². The Bertz CT molecular complexity index is 635.